The first-order chi connectivity index (χ1) is 12.9. The summed E-state index contributed by atoms with van der Waals surface area (Å²) in [6.45, 7) is 6.68. The monoisotopic (exact) mass is 377 g/mol. The molecule has 2 aromatic rings. The van der Waals surface area contributed by atoms with E-state index in [0.29, 0.717) is 12.2 Å². The molecule has 0 saturated carbocycles. The van der Waals surface area contributed by atoms with E-state index in [1.807, 2.05) is 12.1 Å². The van der Waals surface area contributed by atoms with Crippen molar-refractivity contribution in [3.8, 4) is 11.8 Å². The summed E-state index contributed by atoms with van der Waals surface area (Å²) in [5.74, 6) is 6.05. The first-order valence-electron chi connectivity index (χ1n) is 8.98. The molecule has 27 heavy (non-hydrogen) atoms. The molecule has 0 amide bonds. The third-order valence-electron chi connectivity index (χ3n) is 4.55. The van der Waals surface area contributed by atoms with Gasteiger partial charge < -0.3 is 4.74 Å². The molecule has 3 rings (SSSR count). The van der Waals surface area contributed by atoms with Gasteiger partial charge in [0.2, 0.25) is 0 Å². The largest absolute Gasteiger partial charge is 0.462 e. The van der Waals surface area contributed by atoms with Crippen LogP contribution in [0.15, 0.2) is 47.5 Å². The lowest BCUT2D eigenvalue weighted by Crippen LogP contribution is -2.23. The summed E-state index contributed by atoms with van der Waals surface area (Å²) in [6.07, 6.45) is 3.04. The Kier molecular flexibility index (Phi) is 5.72. The molecule has 0 saturated heterocycles. The fourth-order valence-electron chi connectivity index (χ4n) is 3.09. The van der Waals surface area contributed by atoms with Crippen molar-refractivity contribution in [3.63, 3.8) is 0 Å². The molecule has 4 heteroatoms. The van der Waals surface area contributed by atoms with E-state index in [-0.39, 0.29) is 11.4 Å². The molecule has 0 bridgehead atoms. The van der Waals surface area contributed by atoms with Crippen LogP contribution >= 0.6 is 11.8 Å². The molecular weight excluding hydrogens is 354 g/mol. The van der Waals surface area contributed by atoms with E-state index < -0.39 is 0 Å². The third-order valence-corrected chi connectivity index (χ3v) is 5.25. The van der Waals surface area contributed by atoms with Crippen molar-refractivity contribution in [2.24, 2.45) is 4.99 Å². The number of aliphatic imine (C=N–C) groups is 1. The van der Waals surface area contributed by atoms with Gasteiger partial charge in [-0.15, -0.1) is 11.8 Å². The zero-order valence-electron chi connectivity index (χ0n) is 16.1. The van der Waals surface area contributed by atoms with E-state index in [9.17, 15) is 4.79 Å². The fourth-order valence-corrected chi connectivity index (χ4v) is 3.78. The smallest absolute Gasteiger partial charge is 0.338 e. The molecule has 0 spiro atoms. The van der Waals surface area contributed by atoms with Crippen molar-refractivity contribution < 1.29 is 9.53 Å². The molecule has 1 aliphatic heterocycles. The molecule has 0 radical (unpaired) electrons. The summed E-state index contributed by atoms with van der Waals surface area (Å²) in [4.78, 5) is 16.5. The Balaban J connectivity index is 1.84. The van der Waals surface area contributed by atoms with Crippen LogP contribution in [0, 0.1) is 11.8 Å². The zero-order valence-corrected chi connectivity index (χ0v) is 16.9. The van der Waals surface area contributed by atoms with Gasteiger partial charge in [0.05, 0.1) is 22.9 Å². The number of benzene rings is 2. The Morgan fingerprint density at radius 1 is 1.15 bits per heavy atom. The highest BCUT2D eigenvalue weighted by atomic mass is 32.2. The van der Waals surface area contributed by atoms with Crippen LogP contribution in [0.1, 0.15) is 54.2 Å². The molecule has 1 aliphatic rings. The molecule has 0 aliphatic carbocycles. The molecule has 0 unspecified atom stereocenters. The van der Waals surface area contributed by atoms with E-state index in [4.69, 9.17) is 9.73 Å². The number of ether oxygens (including phenoxy) is 1. The first-order valence-corrected chi connectivity index (χ1v) is 10.2. The average Bonchev–Trinajstić information content (AvgIpc) is 2.66. The normalized spacial score (nSPS) is 14.4. The molecule has 0 N–H and O–H groups in total. The Labute approximate surface area is 165 Å². The highest BCUT2D eigenvalue weighted by molar-refractivity contribution is 8.13. The maximum absolute atomic E-state index is 11.7. The van der Waals surface area contributed by atoms with Gasteiger partial charge in [0.15, 0.2) is 0 Å². The minimum atomic E-state index is -0.309. The number of nitrogens with zero attached hydrogens (tertiary/aromatic N) is 1. The van der Waals surface area contributed by atoms with Crippen molar-refractivity contribution in [3.05, 3.63) is 64.7 Å². The van der Waals surface area contributed by atoms with Crippen LogP contribution in [-0.2, 0) is 10.2 Å². The maximum atomic E-state index is 11.7. The summed E-state index contributed by atoms with van der Waals surface area (Å²) < 4.78 is 5.00. The third kappa shape index (κ3) is 4.43. The lowest BCUT2D eigenvalue weighted by atomic mass is 9.79. The minimum Gasteiger partial charge on any atom is -0.462 e. The Morgan fingerprint density at radius 2 is 1.81 bits per heavy atom. The van der Waals surface area contributed by atoms with Crippen molar-refractivity contribution in [1.82, 2.24) is 0 Å². The van der Waals surface area contributed by atoms with E-state index in [1.54, 1.807) is 30.8 Å². The van der Waals surface area contributed by atoms with Gasteiger partial charge in [0.1, 0.15) is 0 Å². The van der Waals surface area contributed by atoms with Crippen LogP contribution in [0.25, 0.3) is 0 Å². The molecule has 138 valence electrons. The minimum absolute atomic E-state index is 0.0876. The number of hydrogen-bond acceptors (Lipinski definition) is 4. The number of carbonyl (C=O) groups is 1. The molecule has 1 heterocycles. The van der Waals surface area contributed by atoms with Crippen LogP contribution in [-0.4, -0.2) is 23.9 Å². The van der Waals surface area contributed by atoms with E-state index in [2.05, 4.69) is 50.1 Å². The number of hydrogen-bond donors (Lipinski definition) is 0. The average molecular weight is 378 g/mol. The predicted octanol–water partition coefficient (Wildman–Crippen LogP) is 5.34. The van der Waals surface area contributed by atoms with Gasteiger partial charge in [-0.05, 0) is 60.6 Å². The van der Waals surface area contributed by atoms with Gasteiger partial charge in [-0.2, -0.15) is 0 Å². The van der Waals surface area contributed by atoms with Crippen molar-refractivity contribution in [1.29, 1.82) is 0 Å². The van der Waals surface area contributed by atoms with Gasteiger partial charge in [0.25, 0.3) is 0 Å². The first kappa shape index (κ1) is 19.3. The van der Waals surface area contributed by atoms with Gasteiger partial charge in [-0.25, -0.2) is 9.79 Å². The summed E-state index contributed by atoms with van der Waals surface area (Å²) >= 11 is 1.71. The van der Waals surface area contributed by atoms with Gasteiger partial charge in [-0.1, -0.05) is 31.8 Å². The molecule has 0 aromatic heterocycles. The SMILES string of the molecule is CCOC(=O)c1ccc(C#Cc2ccc3c(c2)N=C(SC)CC3(C)C)cc1. The summed E-state index contributed by atoms with van der Waals surface area (Å²) in [5, 5.41) is 1.16. The second kappa shape index (κ2) is 8.02. The van der Waals surface area contributed by atoms with Crippen LogP contribution in [0.3, 0.4) is 0 Å². The standard InChI is InChI=1S/C23H23NO2S/c1-5-26-22(25)18-11-8-16(9-12-18)6-7-17-10-13-19-20(14-17)24-21(27-4)15-23(19,2)3/h8-14H,5,15H2,1-4H3. The Hall–Kier alpha value is -2.51. The molecule has 0 fully saturated rings. The molecule has 3 nitrogen and oxygen atoms in total. The number of carbonyl (C=O) groups excluding carboxylic acids is 1. The Morgan fingerprint density at radius 3 is 2.48 bits per heavy atom. The topological polar surface area (TPSA) is 38.7 Å². The van der Waals surface area contributed by atoms with Crippen LogP contribution in [0.2, 0.25) is 0 Å². The second-order valence-electron chi connectivity index (χ2n) is 7.05. The zero-order chi connectivity index (χ0) is 19.4. The molecule has 2 aromatic carbocycles. The number of esters is 1. The lowest BCUT2D eigenvalue weighted by Gasteiger charge is -2.31. The second-order valence-corrected chi connectivity index (χ2v) is 7.93. The highest BCUT2D eigenvalue weighted by Gasteiger charge is 2.29. The number of rotatable bonds is 2. The predicted molar refractivity (Wildman–Crippen MR) is 113 cm³/mol. The number of thioether (sulfide) groups is 1. The van der Waals surface area contributed by atoms with E-state index in [1.165, 1.54) is 5.56 Å². The van der Waals surface area contributed by atoms with E-state index in [0.717, 1.165) is 28.3 Å². The summed E-state index contributed by atoms with van der Waals surface area (Å²) in [6, 6.07) is 13.4. The summed E-state index contributed by atoms with van der Waals surface area (Å²) in [5.41, 5.74) is 4.70. The fraction of sp³-hybridized carbons (Fsp3) is 0.304. The van der Waals surface area contributed by atoms with Gasteiger partial charge in [0, 0.05) is 17.5 Å². The summed E-state index contributed by atoms with van der Waals surface area (Å²) in [7, 11) is 0. The maximum Gasteiger partial charge on any atom is 0.338 e. The van der Waals surface area contributed by atoms with Crippen molar-refractivity contribution >= 4 is 28.5 Å². The van der Waals surface area contributed by atoms with Crippen LogP contribution < -0.4 is 0 Å². The molecule has 0 atom stereocenters. The van der Waals surface area contributed by atoms with Crippen molar-refractivity contribution in [2.75, 3.05) is 12.9 Å². The molecular formula is C23H23NO2S. The lowest BCUT2D eigenvalue weighted by molar-refractivity contribution is 0.0526. The van der Waals surface area contributed by atoms with Gasteiger partial charge in [-0.3, -0.25) is 0 Å². The highest BCUT2D eigenvalue weighted by Crippen LogP contribution is 2.41. The van der Waals surface area contributed by atoms with Crippen molar-refractivity contribution in [2.45, 2.75) is 32.6 Å². The van der Waals surface area contributed by atoms with Crippen LogP contribution in [0.4, 0.5) is 5.69 Å². The quantitative estimate of drug-likeness (QED) is 0.524. The van der Waals surface area contributed by atoms with Crippen LogP contribution in [0.5, 0.6) is 0 Å². The number of fused-ring (bicyclic) bond motifs is 1. The Bertz CT molecular complexity index is 947. The van der Waals surface area contributed by atoms with Gasteiger partial charge >= 0.3 is 5.97 Å². The van der Waals surface area contributed by atoms with E-state index >= 15 is 0 Å².